The van der Waals surface area contributed by atoms with E-state index in [4.69, 9.17) is 39.9 Å². The summed E-state index contributed by atoms with van der Waals surface area (Å²) >= 11 is 19.3. The Labute approximate surface area is 194 Å². The summed E-state index contributed by atoms with van der Waals surface area (Å²) in [5, 5.41) is 9.54. The summed E-state index contributed by atoms with van der Waals surface area (Å²) in [4.78, 5) is 15.6. The maximum atomic E-state index is 13.0. The van der Waals surface area contributed by atoms with Gasteiger partial charge in [-0.05, 0) is 60.0 Å². The lowest BCUT2D eigenvalue weighted by Crippen LogP contribution is -2.17. The maximum absolute atomic E-state index is 13.0. The fraction of sp³-hybridized carbons (Fsp3) is 0.100. The van der Waals surface area contributed by atoms with Crippen LogP contribution in [0.15, 0.2) is 59.6 Å². The zero-order valence-corrected chi connectivity index (χ0v) is 18.4. The SMILES string of the molecule is O=C(O)c1ccc(SN(Cc2ccc(Cl)c(Cl)c2)c2ncc(C(F)(F)F)cc2Cl)cc1. The van der Waals surface area contributed by atoms with Crippen LogP contribution in [0.25, 0.3) is 0 Å². The Bertz CT molecular complexity index is 1110. The molecule has 1 aromatic heterocycles. The molecule has 2 aromatic carbocycles. The molecule has 0 saturated carbocycles. The van der Waals surface area contributed by atoms with E-state index in [2.05, 4.69) is 4.98 Å². The van der Waals surface area contributed by atoms with Crippen molar-refractivity contribution in [3.05, 3.63) is 86.5 Å². The first-order valence-electron chi connectivity index (χ1n) is 8.50. The van der Waals surface area contributed by atoms with Gasteiger partial charge in [-0.3, -0.25) is 4.31 Å². The highest BCUT2D eigenvalue weighted by Crippen LogP contribution is 2.38. The van der Waals surface area contributed by atoms with Crippen molar-refractivity contribution in [3.63, 3.8) is 0 Å². The monoisotopic (exact) mass is 506 g/mol. The fourth-order valence-electron chi connectivity index (χ4n) is 2.51. The minimum absolute atomic E-state index is 0.103. The van der Waals surface area contributed by atoms with E-state index in [0.717, 1.165) is 18.0 Å². The molecule has 0 aliphatic carbocycles. The highest BCUT2D eigenvalue weighted by Gasteiger charge is 2.32. The molecule has 3 rings (SSSR count). The minimum Gasteiger partial charge on any atom is -0.478 e. The van der Waals surface area contributed by atoms with E-state index in [1.165, 1.54) is 12.1 Å². The minimum atomic E-state index is -4.58. The second-order valence-electron chi connectivity index (χ2n) is 6.23. The van der Waals surface area contributed by atoms with Crippen LogP contribution in [0.2, 0.25) is 15.1 Å². The Balaban J connectivity index is 1.97. The number of benzene rings is 2. The number of anilines is 1. The molecule has 0 bridgehead atoms. The van der Waals surface area contributed by atoms with Gasteiger partial charge in [0.25, 0.3) is 0 Å². The second-order valence-corrected chi connectivity index (χ2v) is 8.55. The van der Waals surface area contributed by atoms with Crippen LogP contribution in [0.5, 0.6) is 0 Å². The van der Waals surface area contributed by atoms with E-state index in [9.17, 15) is 18.0 Å². The predicted octanol–water partition coefficient (Wildman–Crippen LogP) is 7.47. The highest BCUT2D eigenvalue weighted by molar-refractivity contribution is 8.00. The lowest BCUT2D eigenvalue weighted by atomic mass is 10.2. The number of pyridine rings is 1. The Kier molecular flexibility index (Phi) is 7.26. The van der Waals surface area contributed by atoms with E-state index in [1.54, 1.807) is 34.6 Å². The van der Waals surface area contributed by atoms with Crippen LogP contribution < -0.4 is 4.31 Å². The van der Waals surface area contributed by atoms with Gasteiger partial charge in [-0.1, -0.05) is 40.9 Å². The number of aromatic nitrogens is 1. The van der Waals surface area contributed by atoms with Crippen molar-refractivity contribution in [2.75, 3.05) is 4.31 Å². The van der Waals surface area contributed by atoms with Crippen LogP contribution in [0, 0.1) is 0 Å². The average molecular weight is 508 g/mol. The first-order chi connectivity index (χ1) is 14.5. The van der Waals surface area contributed by atoms with Gasteiger partial charge < -0.3 is 5.11 Å². The van der Waals surface area contributed by atoms with Gasteiger partial charge in [0.2, 0.25) is 0 Å². The molecule has 0 amide bonds. The van der Waals surface area contributed by atoms with Gasteiger partial charge in [-0.25, -0.2) is 9.78 Å². The third kappa shape index (κ3) is 5.98. The molecule has 11 heteroatoms. The zero-order chi connectivity index (χ0) is 22.8. The quantitative estimate of drug-likeness (QED) is 0.351. The number of carboxylic acid groups (broad SMARTS) is 1. The molecule has 0 unspecified atom stereocenters. The highest BCUT2D eigenvalue weighted by atomic mass is 35.5. The number of hydrogen-bond donors (Lipinski definition) is 1. The molecule has 0 spiro atoms. The summed E-state index contributed by atoms with van der Waals surface area (Å²) in [7, 11) is 0. The molecule has 0 fully saturated rings. The number of rotatable bonds is 6. The number of carboxylic acids is 1. The molecule has 0 radical (unpaired) electrons. The molecule has 3 aromatic rings. The number of carbonyl (C=O) groups is 1. The van der Waals surface area contributed by atoms with Crippen molar-refractivity contribution in [2.24, 2.45) is 0 Å². The summed E-state index contributed by atoms with van der Waals surface area (Å²) in [5.74, 6) is -0.968. The first kappa shape index (κ1) is 23.5. The van der Waals surface area contributed by atoms with E-state index in [-0.39, 0.29) is 22.9 Å². The number of nitrogens with zero attached hydrogens (tertiary/aromatic N) is 2. The molecule has 4 nitrogen and oxygen atoms in total. The topological polar surface area (TPSA) is 53.4 Å². The number of hydrogen-bond acceptors (Lipinski definition) is 4. The Morgan fingerprint density at radius 2 is 1.68 bits per heavy atom. The summed E-state index contributed by atoms with van der Waals surface area (Å²) in [6, 6.07) is 11.7. The van der Waals surface area contributed by atoms with E-state index in [0.29, 0.717) is 26.7 Å². The van der Waals surface area contributed by atoms with Gasteiger partial charge >= 0.3 is 12.1 Å². The van der Waals surface area contributed by atoms with Crippen LogP contribution in [0.3, 0.4) is 0 Å². The lowest BCUT2D eigenvalue weighted by molar-refractivity contribution is -0.137. The number of alkyl halides is 3. The van der Waals surface area contributed by atoms with Gasteiger partial charge in [0.1, 0.15) is 0 Å². The molecule has 0 aliphatic heterocycles. The summed E-state index contributed by atoms with van der Waals surface area (Å²) < 4.78 is 40.5. The molecule has 1 heterocycles. The van der Waals surface area contributed by atoms with E-state index in [1.807, 2.05) is 0 Å². The first-order valence-corrected chi connectivity index (χ1v) is 10.4. The lowest BCUT2D eigenvalue weighted by Gasteiger charge is -2.24. The molecule has 0 aliphatic rings. The largest absolute Gasteiger partial charge is 0.478 e. The second kappa shape index (κ2) is 9.56. The zero-order valence-electron chi connectivity index (χ0n) is 15.3. The van der Waals surface area contributed by atoms with Crippen LogP contribution in [0.1, 0.15) is 21.5 Å². The van der Waals surface area contributed by atoms with Crippen molar-refractivity contribution in [3.8, 4) is 0 Å². The predicted molar refractivity (Wildman–Crippen MR) is 116 cm³/mol. The van der Waals surface area contributed by atoms with Crippen LogP contribution in [-0.2, 0) is 12.7 Å². The summed E-state index contributed by atoms with van der Waals surface area (Å²) in [6.45, 7) is 0.181. The van der Waals surface area contributed by atoms with Gasteiger partial charge in [0.15, 0.2) is 5.82 Å². The number of halogens is 6. The standard InChI is InChI=1S/C20H12Cl3F3N2O2S/c21-15-6-1-11(7-16(15)22)10-28(31-14-4-2-12(3-5-14)19(29)30)18-17(23)8-13(9-27-18)20(24,25)26/h1-9H,10H2,(H,29,30). The van der Waals surface area contributed by atoms with Crippen LogP contribution in [0.4, 0.5) is 19.0 Å². The van der Waals surface area contributed by atoms with Gasteiger partial charge in [-0.15, -0.1) is 0 Å². The van der Waals surface area contributed by atoms with Crippen molar-refractivity contribution in [1.29, 1.82) is 0 Å². The third-order valence-electron chi connectivity index (χ3n) is 4.01. The van der Waals surface area contributed by atoms with Crippen molar-refractivity contribution in [2.45, 2.75) is 17.6 Å². The smallest absolute Gasteiger partial charge is 0.417 e. The Morgan fingerprint density at radius 3 is 2.23 bits per heavy atom. The van der Waals surface area contributed by atoms with Crippen molar-refractivity contribution in [1.82, 2.24) is 4.98 Å². The van der Waals surface area contributed by atoms with Gasteiger partial charge in [0, 0.05) is 11.1 Å². The van der Waals surface area contributed by atoms with E-state index >= 15 is 0 Å². The molecular weight excluding hydrogens is 496 g/mol. The average Bonchev–Trinajstić information content (AvgIpc) is 2.70. The molecule has 0 saturated heterocycles. The summed E-state index contributed by atoms with van der Waals surface area (Å²) in [5.41, 5.74) is -0.153. The normalized spacial score (nSPS) is 11.4. The molecular formula is C20H12Cl3F3N2O2S. The fourth-order valence-corrected chi connectivity index (χ4v) is 4.11. The molecule has 31 heavy (non-hydrogen) atoms. The van der Waals surface area contributed by atoms with Crippen LogP contribution >= 0.6 is 46.8 Å². The van der Waals surface area contributed by atoms with Crippen LogP contribution in [-0.4, -0.2) is 16.1 Å². The number of aromatic carboxylic acids is 1. The summed E-state index contributed by atoms with van der Waals surface area (Å²) in [6.07, 6.45) is -3.87. The van der Waals surface area contributed by atoms with Gasteiger partial charge in [-0.2, -0.15) is 13.2 Å². The van der Waals surface area contributed by atoms with Crippen molar-refractivity contribution < 1.29 is 23.1 Å². The Morgan fingerprint density at radius 1 is 1.00 bits per heavy atom. The Hall–Kier alpha value is -2.13. The molecule has 1 N–H and O–H groups in total. The maximum Gasteiger partial charge on any atom is 0.417 e. The third-order valence-corrected chi connectivity index (χ3v) is 6.03. The molecule has 162 valence electrons. The van der Waals surface area contributed by atoms with Crippen molar-refractivity contribution >= 4 is 58.5 Å². The van der Waals surface area contributed by atoms with Gasteiger partial charge in [0.05, 0.1) is 32.7 Å². The van der Waals surface area contributed by atoms with E-state index < -0.39 is 17.7 Å². The molecule has 0 atom stereocenters.